The Balaban J connectivity index is 1.50. The Kier molecular flexibility index (Phi) is 6.79. The molecule has 10 heteroatoms. The minimum atomic E-state index is -1.74. The van der Waals surface area contributed by atoms with Gasteiger partial charge in [-0.2, -0.15) is 4.31 Å². The number of carbonyl (C=O) groups excluding carboxylic acids is 1. The standard InChI is InChI=1S/C21H22Cl3N3O3S/c22-21(23,24)19(26-17(28)12-6-2-1-3-7-12)27-20(31-27)25-16-11-14-9-5-4-8-13(14)10-15(16)18(29)30/h4-5,8-12,19-20,25H,1-3,6-7H2,(H,26,28)(H,29,30). The van der Waals surface area contributed by atoms with Crippen LogP contribution in [0.1, 0.15) is 42.5 Å². The molecule has 2 aliphatic rings. The van der Waals surface area contributed by atoms with Crippen LogP contribution < -0.4 is 10.6 Å². The predicted molar refractivity (Wildman–Crippen MR) is 127 cm³/mol. The maximum absolute atomic E-state index is 12.7. The van der Waals surface area contributed by atoms with Crippen molar-refractivity contribution in [3.05, 3.63) is 42.0 Å². The molecule has 1 saturated carbocycles. The fourth-order valence-corrected chi connectivity index (χ4v) is 5.47. The molecule has 31 heavy (non-hydrogen) atoms. The number of benzene rings is 2. The van der Waals surface area contributed by atoms with Crippen LogP contribution in [0, 0.1) is 5.92 Å². The number of carboxylic acid groups (broad SMARTS) is 1. The fraction of sp³-hybridized carbons (Fsp3) is 0.429. The van der Waals surface area contributed by atoms with Crippen molar-refractivity contribution in [3.8, 4) is 0 Å². The highest BCUT2D eigenvalue weighted by atomic mass is 35.6. The Morgan fingerprint density at radius 3 is 2.35 bits per heavy atom. The van der Waals surface area contributed by atoms with Crippen LogP contribution in [-0.4, -0.2) is 36.7 Å². The number of anilines is 1. The molecule has 2 aromatic rings. The first-order valence-corrected chi connectivity index (χ1v) is 12.1. The molecular formula is C21H22Cl3N3O3S. The highest BCUT2D eigenvalue weighted by molar-refractivity contribution is 8.03. The molecule has 166 valence electrons. The van der Waals surface area contributed by atoms with Gasteiger partial charge in [-0.3, -0.25) is 4.79 Å². The van der Waals surface area contributed by atoms with Gasteiger partial charge in [0.2, 0.25) is 9.70 Å². The first kappa shape index (κ1) is 22.8. The number of amides is 1. The van der Waals surface area contributed by atoms with Crippen molar-refractivity contribution in [2.45, 2.75) is 47.6 Å². The SMILES string of the molecule is O=C(O)c1cc2ccccc2cc1NC1SN1C(NC(=O)C1CCCCC1)C(Cl)(Cl)Cl. The molecule has 1 amide bonds. The van der Waals surface area contributed by atoms with Gasteiger partial charge >= 0.3 is 5.97 Å². The topological polar surface area (TPSA) is 81.4 Å². The third-order valence-electron chi connectivity index (χ3n) is 5.62. The molecule has 6 nitrogen and oxygen atoms in total. The van der Waals surface area contributed by atoms with Crippen molar-refractivity contribution in [2.75, 3.05) is 5.32 Å². The van der Waals surface area contributed by atoms with E-state index in [-0.39, 0.29) is 22.9 Å². The van der Waals surface area contributed by atoms with E-state index in [0.29, 0.717) is 5.69 Å². The van der Waals surface area contributed by atoms with Gasteiger partial charge in [-0.05, 0) is 47.7 Å². The number of alkyl halides is 3. The van der Waals surface area contributed by atoms with E-state index < -0.39 is 15.9 Å². The maximum Gasteiger partial charge on any atom is 0.337 e. The number of halogens is 3. The molecule has 1 heterocycles. The Bertz CT molecular complexity index is 995. The van der Waals surface area contributed by atoms with Crippen LogP contribution in [0.15, 0.2) is 36.4 Å². The van der Waals surface area contributed by atoms with E-state index in [4.69, 9.17) is 34.8 Å². The monoisotopic (exact) mass is 501 g/mol. The maximum atomic E-state index is 12.7. The first-order chi connectivity index (χ1) is 14.7. The van der Waals surface area contributed by atoms with Crippen LogP contribution in [0.2, 0.25) is 0 Å². The van der Waals surface area contributed by atoms with E-state index in [0.717, 1.165) is 42.9 Å². The number of rotatable bonds is 6. The van der Waals surface area contributed by atoms with Crippen LogP contribution >= 0.6 is 46.8 Å². The zero-order chi connectivity index (χ0) is 22.2. The summed E-state index contributed by atoms with van der Waals surface area (Å²) in [6.45, 7) is 0. The lowest BCUT2D eigenvalue weighted by Gasteiger charge is -2.29. The Morgan fingerprint density at radius 2 is 1.74 bits per heavy atom. The van der Waals surface area contributed by atoms with Gasteiger partial charge < -0.3 is 15.7 Å². The molecule has 0 radical (unpaired) electrons. The molecule has 3 unspecified atom stereocenters. The predicted octanol–water partition coefficient (Wildman–Crippen LogP) is 5.59. The highest BCUT2D eigenvalue weighted by Gasteiger charge is 2.51. The van der Waals surface area contributed by atoms with Crippen molar-refractivity contribution in [1.82, 2.24) is 9.62 Å². The van der Waals surface area contributed by atoms with Crippen molar-refractivity contribution in [1.29, 1.82) is 0 Å². The molecule has 1 saturated heterocycles. The van der Waals surface area contributed by atoms with E-state index in [2.05, 4.69) is 10.6 Å². The smallest absolute Gasteiger partial charge is 0.337 e. The fourth-order valence-electron chi connectivity index (χ4n) is 3.95. The highest BCUT2D eigenvalue weighted by Crippen LogP contribution is 2.48. The van der Waals surface area contributed by atoms with E-state index in [1.165, 1.54) is 11.9 Å². The third kappa shape index (κ3) is 5.34. The zero-order valence-electron chi connectivity index (χ0n) is 16.5. The summed E-state index contributed by atoms with van der Waals surface area (Å²) in [5.41, 5.74) is 0.280. The van der Waals surface area contributed by atoms with Gasteiger partial charge in [-0.25, -0.2) is 4.79 Å². The average molecular weight is 503 g/mol. The quantitative estimate of drug-likeness (QED) is 0.271. The normalized spacial score (nSPS) is 22.7. The molecule has 0 bridgehead atoms. The lowest BCUT2D eigenvalue weighted by Crippen LogP contribution is -2.51. The second-order valence-corrected chi connectivity index (χ2v) is 11.2. The molecular weight excluding hydrogens is 481 g/mol. The molecule has 1 aliphatic carbocycles. The van der Waals surface area contributed by atoms with Crippen LogP contribution in [-0.2, 0) is 4.79 Å². The van der Waals surface area contributed by atoms with Crippen LogP contribution in [0.5, 0.6) is 0 Å². The summed E-state index contributed by atoms with van der Waals surface area (Å²) < 4.78 is -0.0126. The minimum absolute atomic E-state index is 0.0703. The number of nitrogens with zero attached hydrogens (tertiary/aromatic N) is 1. The third-order valence-corrected chi connectivity index (χ3v) is 7.24. The second-order valence-electron chi connectivity index (χ2n) is 7.80. The summed E-state index contributed by atoms with van der Waals surface area (Å²) in [7, 11) is 0. The van der Waals surface area contributed by atoms with Crippen molar-refractivity contribution >= 4 is 75.1 Å². The van der Waals surface area contributed by atoms with Crippen molar-refractivity contribution in [2.24, 2.45) is 5.92 Å². The Morgan fingerprint density at radius 1 is 1.10 bits per heavy atom. The molecule has 3 N–H and O–H groups in total. The lowest BCUT2D eigenvalue weighted by atomic mass is 9.88. The van der Waals surface area contributed by atoms with Gasteiger partial charge in [0.25, 0.3) is 0 Å². The number of fused-ring (bicyclic) bond motifs is 1. The number of carboxylic acids is 1. The van der Waals surface area contributed by atoms with E-state index in [9.17, 15) is 14.7 Å². The summed E-state index contributed by atoms with van der Waals surface area (Å²) in [5, 5.41) is 17.5. The minimum Gasteiger partial charge on any atom is -0.478 e. The van der Waals surface area contributed by atoms with Crippen molar-refractivity contribution in [3.63, 3.8) is 0 Å². The van der Waals surface area contributed by atoms with Crippen molar-refractivity contribution < 1.29 is 14.7 Å². The molecule has 2 fully saturated rings. The van der Waals surface area contributed by atoms with E-state index in [1.807, 2.05) is 24.3 Å². The van der Waals surface area contributed by atoms with Crippen LogP contribution in [0.3, 0.4) is 0 Å². The van der Waals surface area contributed by atoms with Gasteiger partial charge in [-0.15, -0.1) is 0 Å². The molecule has 0 aromatic heterocycles. The molecule has 3 atom stereocenters. The molecule has 4 rings (SSSR count). The average Bonchev–Trinajstić information content (AvgIpc) is 3.49. The number of hydrogen-bond acceptors (Lipinski definition) is 5. The molecule has 1 aliphatic heterocycles. The van der Waals surface area contributed by atoms with Gasteiger partial charge in [-0.1, -0.05) is 78.3 Å². The Hall–Kier alpha value is -1.38. The van der Waals surface area contributed by atoms with Gasteiger partial charge in [0.05, 0.1) is 11.3 Å². The first-order valence-electron chi connectivity index (χ1n) is 10.1. The number of aromatic carboxylic acids is 1. The van der Waals surface area contributed by atoms with Gasteiger partial charge in [0.15, 0.2) is 5.50 Å². The van der Waals surface area contributed by atoms with E-state index in [1.54, 1.807) is 16.4 Å². The number of nitrogens with one attached hydrogen (secondary N) is 2. The van der Waals surface area contributed by atoms with Crippen LogP contribution in [0.4, 0.5) is 5.69 Å². The van der Waals surface area contributed by atoms with Gasteiger partial charge in [0, 0.05) is 5.92 Å². The summed E-state index contributed by atoms with van der Waals surface area (Å²) in [6.07, 6.45) is 4.03. The number of hydrogen-bond donors (Lipinski definition) is 3. The summed E-state index contributed by atoms with van der Waals surface area (Å²) in [5.74, 6) is -1.22. The van der Waals surface area contributed by atoms with E-state index >= 15 is 0 Å². The van der Waals surface area contributed by atoms with Gasteiger partial charge in [0.1, 0.15) is 6.17 Å². The second kappa shape index (κ2) is 9.24. The molecule has 0 spiro atoms. The van der Waals surface area contributed by atoms with Crippen LogP contribution in [0.25, 0.3) is 10.8 Å². The summed E-state index contributed by atoms with van der Waals surface area (Å²) >= 11 is 19.9. The largest absolute Gasteiger partial charge is 0.478 e. The Labute approximate surface area is 199 Å². The zero-order valence-corrected chi connectivity index (χ0v) is 19.6. The number of carbonyl (C=O) groups is 2. The molecule has 2 aromatic carbocycles. The summed E-state index contributed by atoms with van der Waals surface area (Å²) in [6, 6.07) is 11.0. The summed E-state index contributed by atoms with van der Waals surface area (Å²) in [4.78, 5) is 24.5. The lowest BCUT2D eigenvalue weighted by molar-refractivity contribution is -0.127.